The minimum Gasteiger partial charge on any atom is -0.508 e. The van der Waals surface area contributed by atoms with Crippen molar-refractivity contribution in [3.05, 3.63) is 58.6 Å². The Bertz CT molecular complexity index is 921. The number of halogens is 1. The molecule has 6 heteroatoms. The molecule has 0 radical (unpaired) electrons. The van der Waals surface area contributed by atoms with E-state index in [1.54, 1.807) is 12.1 Å². The lowest BCUT2D eigenvalue weighted by molar-refractivity contribution is 0.332. The molecule has 0 saturated heterocycles. The number of fused-ring (bicyclic) bond motifs is 1. The number of aromatic nitrogens is 1. The summed E-state index contributed by atoms with van der Waals surface area (Å²) in [5, 5.41) is 10.3. The van der Waals surface area contributed by atoms with Crippen molar-refractivity contribution in [2.75, 3.05) is 13.2 Å². The van der Waals surface area contributed by atoms with Gasteiger partial charge in [-0.2, -0.15) is 0 Å². The number of phenols is 1. The smallest absolute Gasteiger partial charge is 0.256 e. The van der Waals surface area contributed by atoms with Gasteiger partial charge in [-0.1, -0.05) is 12.1 Å². The molecule has 2 aromatic carbocycles. The van der Waals surface area contributed by atoms with Crippen molar-refractivity contribution in [3.8, 4) is 22.8 Å². The van der Waals surface area contributed by atoms with Crippen LogP contribution in [0.1, 0.15) is 0 Å². The Hall–Kier alpha value is -2.86. The van der Waals surface area contributed by atoms with Gasteiger partial charge in [0, 0.05) is 17.5 Å². The molecule has 0 fully saturated rings. The van der Waals surface area contributed by atoms with Gasteiger partial charge in [0.25, 0.3) is 5.56 Å². The number of benzene rings is 2. The van der Waals surface area contributed by atoms with Gasteiger partial charge in [0.05, 0.1) is 11.1 Å². The molecule has 0 spiro atoms. The number of aromatic hydroxyl groups is 1. The zero-order valence-electron chi connectivity index (χ0n) is 12.2. The summed E-state index contributed by atoms with van der Waals surface area (Å²) >= 11 is 0. The van der Waals surface area contributed by atoms with Gasteiger partial charge in [-0.3, -0.25) is 4.79 Å². The first-order valence-electron chi connectivity index (χ1n) is 7.08. The van der Waals surface area contributed by atoms with Crippen LogP contribution < -0.4 is 16.0 Å². The highest BCUT2D eigenvalue weighted by molar-refractivity contribution is 5.93. The van der Waals surface area contributed by atoms with Crippen LogP contribution in [0.4, 0.5) is 4.39 Å². The highest BCUT2D eigenvalue weighted by atomic mass is 19.1. The lowest BCUT2D eigenvalue weighted by atomic mass is 10.1. The summed E-state index contributed by atoms with van der Waals surface area (Å²) in [5.74, 6) is -0.0409. The monoisotopic (exact) mass is 314 g/mol. The number of pyridine rings is 1. The number of hydrogen-bond acceptors (Lipinski definition) is 4. The molecular weight excluding hydrogens is 299 g/mol. The van der Waals surface area contributed by atoms with Gasteiger partial charge < -0.3 is 20.6 Å². The van der Waals surface area contributed by atoms with E-state index >= 15 is 0 Å². The van der Waals surface area contributed by atoms with E-state index in [9.17, 15) is 14.3 Å². The molecule has 1 aromatic heterocycles. The Labute approximate surface area is 131 Å². The topological polar surface area (TPSA) is 88.3 Å². The van der Waals surface area contributed by atoms with Gasteiger partial charge >= 0.3 is 0 Å². The van der Waals surface area contributed by atoms with Crippen molar-refractivity contribution in [1.82, 2.24) is 4.98 Å². The largest absolute Gasteiger partial charge is 0.508 e. The van der Waals surface area contributed by atoms with Crippen LogP contribution in [0.25, 0.3) is 22.0 Å². The lowest BCUT2D eigenvalue weighted by Crippen LogP contribution is -2.15. The Balaban J connectivity index is 2.32. The summed E-state index contributed by atoms with van der Waals surface area (Å²) in [7, 11) is 0. The van der Waals surface area contributed by atoms with Crippen molar-refractivity contribution >= 4 is 10.8 Å². The Morgan fingerprint density at radius 1 is 1.17 bits per heavy atom. The molecule has 0 atom stereocenters. The normalized spacial score (nSPS) is 10.9. The molecule has 0 aliphatic heterocycles. The van der Waals surface area contributed by atoms with Crippen LogP contribution in [0.2, 0.25) is 0 Å². The highest BCUT2D eigenvalue weighted by Crippen LogP contribution is 2.34. The number of nitrogens with two attached hydrogens (primary N) is 1. The van der Waals surface area contributed by atoms with E-state index in [4.69, 9.17) is 10.5 Å². The molecule has 0 amide bonds. The molecule has 0 saturated carbocycles. The molecule has 3 aromatic rings. The van der Waals surface area contributed by atoms with E-state index in [0.717, 1.165) is 6.07 Å². The summed E-state index contributed by atoms with van der Waals surface area (Å²) in [4.78, 5) is 15.0. The average molecular weight is 314 g/mol. The van der Waals surface area contributed by atoms with Gasteiger partial charge in [0.1, 0.15) is 18.2 Å². The van der Waals surface area contributed by atoms with Crippen molar-refractivity contribution in [1.29, 1.82) is 0 Å². The third kappa shape index (κ3) is 2.89. The van der Waals surface area contributed by atoms with E-state index in [-0.39, 0.29) is 17.7 Å². The van der Waals surface area contributed by atoms with Crippen molar-refractivity contribution in [3.63, 3.8) is 0 Å². The van der Waals surface area contributed by atoms with Crippen LogP contribution in [0, 0.1) is 5.82 Å². The molecule has 5 nitrogen and oxygen atoms in total. The molecule has 0 aliphatic carbocycles. The van der Waals surface area contributed by atoms with Crippen LogP contribution in [-0.2, 0) is 0 Å². The molecule has 23 heavy (non-hydrogen) atoms. The summed E-state index contributed by atoms with van der Waals surface area (Å²) < 4.78 is 19.1. The van der Waals surface area contributed by atoms with E-state index in [1.165, 1.54) is 24.3 Å². The van der Waals surface area contributed by atoms with Gasteiger partial charge in [0.15, 0.2) is 5.75 Å². The minimum absolute atomic E-state index is 0.0623. The number of hydrogen-bond donors (Lipinski definition) is 3. The number of ether oxygens (including phenoxy) is 1. The quantitative estimate of drug-likeness (QED) is 0.690. The predicted molar refractivity (Wildman–Crippen MR) is 86.2 cm³/mol. The van der Waals surface area contributed by atoms with E-state index in [0.29, 0.717) is 28.9 Å². The number of phenolic OH excluding ortho intramolecular Hbond substituents is 1. The first kappa shape index (κ1) is 15.1. The van der Waals surface area contributed by atoms with Crippen molar-refractivity contribution < 1.29 is 14.2 Å². The van der Waals surface area contributed by atoms with Crippen LogP contribution in [0.15, 0.2) is 47.3 Å². The fraction of sp³-hybridized carbons (Fsp3) is 0.118. The van der Waals surface area contributed by atoms with E-state index < -0.39 is 11.4 Å². The number of rotatable bonds is 4. The third-order valence-corrected chi connectivity index (χ3v) is 3.44. The fourth-order valence-electron chi connectivity index (χ4n) is 2.45. The van der Waals surface area contributed by atoms with Crippen LogP contribution in [0.3, 0.4) is 0 Å². The first-order valence-corrected chi connectivity index (χ1v) is 7.08. The van der Waals surface area contributed by atoms with Crippen LogP contribution in [-0.4, -0.2) is 23.2 Å². The van der Waals surface area contributed by atoms with E-state index in [2.05, 4.69) is 4.98 Å². The minimum atomic E-state index is -0.502. The Kier molecular flexibility index (Phi) is 3.99. The zero-order chi connectivity index (χ0) is 16.4. The second kappa shape index (κ2) is 6.10. The number of H-pyrrole nitrogens is 1. The van der Waals surface area contributed by atoms with Gasteiger partial charge in [-0.15, -0.1) is 0 Å². The fourth-order valence-corrected chi connectivity index (χ4v) is 2.45. The summed E-state index contributed by atoms with van der Waals surface area (Å²) in [6.45, 7) is 0.533. The molecule has 0 bridgehead atoms. The molecule has 4 N–H and O–H groups in total. The molecule has 0 aliphatic rings. The van der Waals surface area contributed by atoms with Crippen LogP contribution >= 0.6 is 0 Å². The molecule has 0 unspecified atom stereocenters. The molecular formula is C17H15FN2O3. The van der Waals surface area contributed by atoms with Crippen LogP contribution in [0.5, 0.6) is 11.5 Å². The molecule has 118 valence electrons. The maximum absolute atomic E-state index is 13.4. The SMILES string of the molecule is NCCOc1c(-c2cccc(O)c2)[nH]c(=O)c2cc(F)ccc12. The highest BCUT2D eigenvalue weighted by Gasteiger charge is 2.15. The van der Waals surface area contributed by atoms with Gasteiger partial charge in [0.2, 0.25) is 0 Å². The Morgan fingerprint density at radius 2 is 2.00 bits per heavy atom. The maximum Gasteiger partial charge on any atom is 0.256 e. The summed E-state index contributed by atoms with van der Waals surface area (Å²) in [6, 6.07) is 10.4. The van der Waals surface area contributed by atoms with Gasteiger partial charge in [-0.05, 0) is 30.3 Å². The van der Waals surface area contributed by atoms with E-state index in [1.807, 2.05) is 0 Å². The average Bonchev–Trinajstić information content (AvgIpc) is 2.54. The standard InChI is InChI=1S/C17H15FN2O3/c18-11-4-5-13-14(9-11)17(22)20-15(16(13)23-7-6-19)10-2-1-3-12(21)8-10/h1-5,8-9,21H,6-7,19H2,(H,20,22). The third-order valence-electron chi connectivity index (χ3n) is 3.44. The van der Waals surface area contributed by atoms with Gasteiger partial charge in [-0.25, -0.2) is 4.39 Å². The van der Waals surface area contributed by atoms with Crippen molar-refractivity contribution in [2.24, 2.45) is 5.73 Å². The number of aromatic amines is 1. The summed E-state index contributed by atoms with van der Waals surface area (Å²) in [5.41, 5.74) is 6.06. The molecule has 1 heterocycles. The predicted octanol–water partition coefficient (Wildman–Crippen LogP) is 2.38. The number of nitrogens with one attached hydrogen (secondary N) is 1. The summed E-state index contributed by atoms with van der Waals surface area (Å²) in [6.07, 6.45) is 0. The lowest BCUT2D eigenvalue weighted by Gasteiger charge is -2.14. The second-order valence-electron chi connectivity index (χ2n) is 5.04. The van der Waals surface area contributed by atoms with Crippen molar-refractivity contribution in [2.45, 2.75) is 0 Å². The zero-order valence-corrected chi connectivity index (χ0v) is 12.2. The first-order chi connectivity index (χ1) is 11.1. The Morgan fingerprint density at radius 3 is 2.74 bits per heavy atom. The second-order valence-corrected chi connectivity index (χ2v) is 5.04. The molecule has 3 rings (SSSR count). The maximum atomic E-state index is 13.4.